The van der Waals surface area contributed by atoms with Gasteiger partial charge in [0.15, 0.2) is 9.84 Å². The van der Waals surface area contributed by atoms with Crippen molar-refractivity contribution in [2.24, 2.45) is 5.92 Å². The quantitative estimate of drug-likeness (QED) is 0.821. The lowest BCUT2D eigenvalue weighted by Gasteiger charge is -2.11. The van der Waals surface area contributed by atoms with Crippen LogP contribution in [-0.4, -0.2) is 36.2 Å². The van der Waals surface area contributed by atoms with Gasteiger partial charge in [-0.15, -0.1) is 0 Å². The van der Waals surface area contributed by atoms with Crippen LogP contribution in [-0.2, 0) is 16.4 Å². The number of hydrogen-bond acceptors (Lipinski definition) is 5. The molecule has 0 aliphatic heterocycles. The van der Waals surface area contributed by atoms with Crippen LogP contribution in [0.4, 0.5) is 5.69 Å². The Morgan fingerprint density at radius 1 is 1.45 bits per heavy atom. The first-order valence-corrected chi connectivity index (χ1v) is 8.66. The number of rotatable bonds is 7. The summed E-state index contributed by atoms with van der Waals surface area (Å²) in [7, 11) is -3.05. The molecule has 1 aromatic heterocycles. The van der Waals surface area contributed by atoms with Crippen molar-refractivity contribution in [3.8, 4) is 0 Å². The van der Waals surface area contributed by atoms with Gasteiger partial charge in [0.25, 0.3) is 5.56 Å². The molecule has 0 saturated heterocycles. The average Bonchev–Trinajstić information content (AvgIpc) is 2.37. The second-order valence-corrected chi connectivity index (χ2v) is 7.77. The Hall–Kier alpha value is -1.08. The van der Waals surface area contributed by atoms with Crippen molar-refractivity contribution in [2.75, 3.05) is 23.4 Å². The highest BCUT2D eigenvalue weighted by Crippen LogP contribution is 2.15. The molecule has 0 aliphatic carbocycles. The highest BCUT2D eigenvalue weighted by atomic mass is 35.5. The molecule has 0 aromatic carbocycles. The molecule has 0 bridgehead atoms. The van der Waals surface area contributed by atoms with Gasteiger partial charge < -0.3 is 5.32 Å². The fraction of sp³-hybridized carbons (Fsp3) is 0.667. The molecule has 0 atom stereocenters. The number of nitrogens with zero attached hydrogens (tertiary/aromatic N) is 2. The molecule has 0 fully saturated rings. The number of anilines is 1. The van der Waals surface area contributed by atoms with E-state index in [9.17, 15) is 13.2 Å². The molecule has 8 heteroatoms. The van der Waals surface area contributed by atoms with Crippen molar-refractivity contribution >= 4 is 27.1 Å². The minimum Gasteiger partial charge on any atom is -0.381 e. The molecule has 0 radical (unpaired) electrons. The number of nitrogens with one attached hydrogen (secondary N) is 1. The fourth-order valence-corrected chi connectivity index (χ4v) is 2.46. The highest BCUT2D eigenvalue weighted by molar-refractivity contribution is 7.91. The lowest BCUT2D eigenvalue weighted by Crippen LogP contribution is -2.27. The van der Waals surface area contributed by atoms with Crippen LogP contribution in [0.25, 0.3) is 0 Å². The van der Waals surface area contributed by atoms with Crippen LogP contribution in [0, 0.1) is 5.92 Å². The molecule has 1 rings (SSSR count). The lowest BCUT2D eigenvalue weighted by molar-refractivity contribution is 0.464. The smallest absolute Gasteiger partial charge is 0.287 e. The van der Waals surface area contributed by atoms with Gasteiger partial charge in [-0.1, -0.05) is 32.4 Å². The zero-order valence-electron chi connectivity index (χ0n) is 11.9. The zero-order valence-corrected chi connectivity index (χ0v) is 13.5. The van der Waals surface area contributed by atoms with Crippen LogP contribution in [0.3, 0.4) is 0 Å². The molecule has 1 aromatic rings. The first kappa shape index (κ1) is 17.0. The Morgan fingerprint density at radius 2 is 2.10 bits per heavy atom. The van der Waals surface area contributed by atoms with Gasteiger partial charge in [-0.3, -0.25) is 4.79 Å². The second kappa shape index (κ2) is 7.08. The van der Waals surface area contributed by atoms with Crippen LogP contribution < -0.4 is 10.9 Å². The maximum Gasteiger partial charge on any atom is 0.287 e. The van der Waals surface area contributed by atoms with E-state index >= 15 is 0 Å². The van der Waals surface area contributed by atoms with Gasteiger partial charge in [0.2, 0.25) is 0 Å². The van der Waals surface area contributed by atoms with Gasteiger partial charge in [0.05, 0.1) is 17.6 Å². The maximum atomic E-state index is 12.0. The molecule has 1 heterocycles. The van der Waals surface area contributed by atoms with Crippen molar-refractivity contribution in [1.29, 1.82) is 0 Å². The van der Waals surface area contributed by atoms with Crippen LogP contribution in [0.1, 0.15) is 20.8 Å². The van der Waals surface area contributed by atoms with Gasteiger partial charge in [0, 0.05) is 18.8 Å². The number of hydrogen-bond donors (Lipinski definition) is 1. The molecular weight excluding hydrogens is 302 g/mol. The van der Waals surface area contributed by atoms with E-state index < -0.39 is 9.84 Å². The largest absolute Gasteiger partial charge is 0.381 e. The summed E-state index contributed by atoms with van der Waals surface area (Å²) in [6.45, 7) is 6.23. The Bertz CT molecular complexity index is 611. The number of sulfone groups is 1. The van der Waals surface area contributed by atoms with E-state index in [0.29, 0.717) is 12.2 Å². The molecule has 0 aliphatic rings. The summed E-state index contributed by atoms with van der Waals surface area (Å²) < 4.78 is 24.0. The predicted octanol–water partition coefficient (Wildman–Crippen LogP) is 1.40. The summed E-state index contributed by atoms with van der Waals surface area (Å²) >= 11 is 5.98. The molecule has 0 amide bonds. The van der Waals surface area contributed by atoms with E-state index in [-0.39, 0.29) is 34.6 Å². The molecule has 20 heavy (non-hydrogen) atoms. The van der Waals surface area contributed by atoms with Gasteiger partial charge in [0.1, 0.15) is 5.02 Å². The van der Waals surface area contributed by atoms with E-state index in [4.69, 9.17) is 11.6 Å². The van der Waals surface area contributed by atoms with Crippen molar-refractivity contribution < 1.29 is 8.42 Å². The third kappa shape index (κ3) is 4.79. The van der Waals surface area contributed by atoms with Crippen LogP contribution in [0.15, 0.2) is 11.0 Å². The van der Waals surface area contributed by atoms with E-state index in [1.807, 2.05) is 13.8 Å². The predicted molar refractivity (Wildman–Crippen MR) is 81.2 cm³/mol. The number of halogens is 1. The van der Waals surface area contributed by atoms with Crippen molar-refractivity contribution in [1.82, 2.24) is 9.78 Å². The molecule has 0 unspecified atom stereocenters. The summed E-state index contributed by atoms with van der Waals surface area (Å²) in [5.41, 5.74) is -0.00769. The summed E-state index contributed by atoms with van der Waals surface area (Å²) in [5.74, 6) is 0.371. The van der Waals surface area contributed by atoms with Gasteiger partial charge in [-0.05, 0) is 5.92 Å². The van der Waals surface area contributed by atoms with Crippen molar-refractivity contribution in [2.45, 2.75) is 27.3 Å². The standard InChI is InChI=1S/C12H20ClN3O3S/c1-4-20(18,19)6-5-14-10-7-15-16(8-9(2)3)12(17)11(10)13/h7,9,14H,4-6,8H2,1-3H3. The summed E-state index contributed by atoms with van der Waals surface area (Å²) in [6, 6.07) is 0. The third-order valence-corrected chi connectivity index (χ3v) is 4.76. The summed E-state index contributed by atoms with van der Waals surface area (Å²) in [4.78, 5) is 12.0. The van der Waals surface area contributed by atoms with Crippen LogP contribution in [0.2, 0.25) is 5.02 Å². The van der Waals surface area contributed by atoms with Crippen molar-refractivity contribution in [3.63, 3.8) is 0 Å². The zero-order chi connectivity index (χ0) is 15.3. The molecule has 1 N–H and O–H groups in total. The van der Waals surface area contributed by atoms with Crippen LogP contribution >= 0.6 is 11.6 Å². The molecule has 6 nitrogen and oxygen atoms in total. The van der Waals surface area contributed by atoms with E-state index in [2.05, 4.69) is 10.4 Å². The fourth-order valence-electron chi connectivity index (χ4n) is 1.55. The van der Waals surface area contributed by atoms with E-state index in [0.717, 1.165) is 0 Å². The summed E-state index contributed by atoms with van der Waals surface area (Å²) in [6.07, 6.45) is 1.45. The normalized spacial score (nSPS) is 11.8. The summed E-state index contributed by atoms with van der Waals surface area (Å²) in [5, 5.41) is 6.90. The average molecular weight is 322 g/mol. The lowest BCUT2D eigenvalue weighted by atomic mass is 10.2. The molecular formula is C12H20ClN3O3S. The third-order valence-electron chi connectivity index (χ3n) is 2.69. The Kier molecular flexibility index (Phi) is 6.01. The first-order valence-electron chi connectivity index (χ1n) is 6.46. The first-order chi connectivity index (χ1) is 9.26. The second-order valence-electron chi connectivity index (χ2n) is 4.92. The Labute approximate surface area is 124 Å². The maximum absolute atomic E-state index is 12.0. The van der Waals surface area contributed by atoms with Crippen molar-refractivity contribution in [3.05, 3.63) is 21.6 Å². The minimum atomic E-state index is -3.05. The van der Waals surface area contributed by atoms with E-state index in [1.165, 1.54) is 10.9 Å². The topological polar surface area (TPSA) is 81.1 Å². The molecule has 114 valence electrons. The molecule has 0 saturated carbocycles. The van der Waals surface area contributed by atoms with Gasteiger partial charge >= 0.3 is 0 Å². The van der Waals surface area contributed by atoms with Gasteiger partial charge in [-0.2, -0.15) is 5.10 Å². The minimum absolute atomic E-state index is 0.00505. The Balaban J connectivity index is 2.79. The Morgan fingerprint density at radius 3 is 2.65 bits per heavy atom. The monoisotopic (exact) mass is 321 g/mol. The van der Waals surface area contributed by atoms with E-state index in [1.54, 1.807) is 6.92 Å². The van der Waals surface area contributed by atoms with Crippen LogP contribution in [0.5, 0.6) is 0 Å². The van der Waals surface area contributed by atoms with Gasteiger partial charge in [-0.25, -0.2) is 13.1 Å². The molecule has 0 spiro atoms. The highest BCUT2D eigenvalue weighted by Gasteiger charge is 2.11. The SMILES string of the molecule is CCS(=O)(=O)CCNc1cnn(CC(C)C)c(=O)c1Cl. The number of aromatic nitrogens is 2.